The zero-order valence-electron chi connectivity index (χ0n) is 10.2. The van der Waals surface area contributed by atoms with Crippen molar-refractivity contribution in [3.05, 3.63) is 0 Å². The molecule has 0 bridgehead atoms. The van der Waals surface area contributed by atoms with Crippen molar-refractivity contribution in [2.75, 3.05) is 33.3 Å². The predicted molar refractivity (Wildman–Crippen MR) is 62.8 cm³/mol. The van der Waals surface area contributed by atoms with E-state index in [1.165, 1.54) is 0 Å². The molecule has 0 aliphatic carbocycles. The van der Waals surface area contributed by atoms with Gasteiger partial charge in [0, 0.05) is 37.8 Å². The average Bonchev–Trinajstić information content (AvgIpc) is 2.21. The van der Waals surface area contributed by atoms with Crippen LogP contribution in [0.25, 0.3) is 0 Å². The molecular formula is C11H25N3O. The number of aliphatic hydroxyl groups is 1. The summed E-state index contributed by atoms with van der Waals surface area (Å²) < 4.78 is 0. The number of aliphatic hydroxyl groups excluding tert-OH is 1. The van der Waals surface area contributed by atoms with Gasteiger partial charge < -0.3 is 15.7 Å². The molecule has 1 heterocycles. The van der Waals surface area contributed by atoms with Crippen molar-refractivity contribution in [2.45, 2.75) is 38.4 Å². The molecule has 0 amide bonds. The van der Waals surface area contributed by atoms with Crippen molar-refractivity contribution in [1.29, 1.82) is 0 Å². The number of rotatable bonds is 4. The van der Waals surface area contributed by atoms with Crippen LogP contribution in [0.15, 0.2) is 0 Å². The summed E-state index contributed by atoms with van der Waals surface area (Å²) in [5, 5.41) is 9.43. The Morgan fingerprint density at radius 1 is 1.47 bits per heavy atom. The van der Waals surface area contributed by atoms with Crippen LogP contribution in [0.4, 0.5) is 0 Å². The third-order valence-corrected chi connectivity index (χ3v) is 3.46. The summed E-state index contributed by atoms with van der Waals surface area (Å²) >= 11 is 0. The Kier molecular flexibility index (Phi) is 4.99. The second kappa shape index (κ2) is 5.80. The fourth-order valence-electron chi connectivity index (χ4n) is 2.40. The number of nitrogens with zero attached hydrogens (tertiary/aromatic N) is 2. The van der Waals surface area contributed by atoms with E-state index in [1.807, 2.05) is 0 Å². The van der Waals surface area contributed by atoms with Crippen LogP contribution in [-0.4, -0.2) is 66.3 Å². The van der Waals surface area contributed by atoms with Crippen molar-refractivity contribution in [1.82, 2.24) is 9.80 Å². The van der Waals surface area contributed by atoms with E-state index in [2.05, 4.69) is 30.7 Å². The molecule has 1 fully saturated rings. The van der Waals surface area contributed by atoms with Gasteiger partial charge in [0.05, 0.1) is 6.61 Å². The standard InChI is InChI=1S/C11H25N3O/c1-4-10(12)11(8-15)14-6-5-13(3)7-9(14)2/h9-11,15H,4-8,12H2,1-3H3. The Bertz CT molecular complexity index is 189. The lowest BCUT2D eigenvalue weighted by Crippen LogP contribution is -2.60. The predicted octanol–water partition coefficient (Wildman–Crippen LogP) is -0.279. The van der Waals surface area contributed by atoms with Crippen molar-refractivity contribution in [3.8, 4) is 0 Å². The molecular weight excluding hydrogens is 190 g/mol. The molecule has 3 unspecified atom stereocenters. The summed E-state index contributed by atoms with van der Waals surface area (Å²) in [6, 6.07) is 0.693. The fraction of sp³-hybridized carbons (Fsp3) is 1.00. The second-order valence-electron chi connectivity index (χ2n) is 4.67. The first-order valence-corrected chi connectivity index (χ1v) is 5.90. The second-order valence-corrected chi connectivity index (χ2v) is 4.67. The highest BCUT2D eigenvalue weighted by Crippen LogP contribution is 2.14. The summed E-state index contributed by atoms with van der Waals surface area (Å²) in [6.07, 6.45) is 0.921. The number of nitrogens with two attached hydrogens (primary N) is 1. The van der Waals surface area contributed by atoms with Crippen molar-refractivity contribution in [3.63, 3.8) is 0 Å². The number of hydrogen-bond acceptors (Lipinski definition) is 4. The minimum Gasteiger partial charge on any atom is -0.395 e. The molecule has 4 nitrogen and oxygen atoms in total. The maximum Gasteiger partial charge on any atom is 0.0602 e. The largest absolute Gasteiger partial charge is 0.395 e. The molecule has 1 saturated heterocycles. The molecule has 15 heavy (non-hydrogen) atoms. The van der Waals surface area contributed by atoms with E-state index in [9.17, 15) is 5.11 Å². The van der Waals surface area contributed by atoms with Crippen LogP contribution in [0.5, 0.6) is 0 Å². The zero-order chi connectivity index (χ0) is 11.4. The smallest absolute Gasteiger partial charge is 0.0602 e. The van der Waals surface area contributed by atoms with Gasteiger partial charge in [0.2, 0.25) is 0 Å². The lowest BCUT2D eigenvalue weighted by molar-refractivity contribution is 0.0234. The Balaban J connectivity index is 2.59. The van der Waals surface area contributed by atoms with E-state index in [4.69, 9.17) is 5.73 Å². The van der Waals surface area contributed by atoms with E-state index < -0.39 is 0 Å². The lowest BCUT2D eigenvalue weighted by atomic mass is 10.0. The van der Waals surface area contributed by atoms with Gasteiger partial charge in [-0.15, -0.1) is 0 Å². The fourth-order valence-corrected chi connectivity index (χ4v) is 2.40. The van der Waals surface area contributed by atoms with Crippen LogP contribution in [-0.2, 0) is 0 Å². The van der Waals surface area contributed by atoms with Gasteiger partial charge in [0.25, 0.3) is 0 Å². The molecule has 0 aromatic heterocycles. The molecule has 3 atom stereocenters. The van der Waals surface area contributed by atoms with Gasteiger partial charge in [0.1, 0.15) is 0 Å². The minimum atomic E-state index is 0.0841. The SMILES string of the molecule is CCC(N)C(CO)N1CCN(C)CC1C. The van der Waals surface area contributed by atoms with Gasteiger partial charge in [-0.3, -0.25) is 4.90 Å². The van der Waals surface area contributed by atoms with Crippen LogP contribution in [0.3, 0.4) is 0 Å². The molecule has 3 N–H and O–H groups in total. The molecule has 0 aromatic carbocycles. The Labute approximate surface area is 93.0 Å². The monoisotopic (exact) mass is 215 g/mol. The van der Waals surface area contributed by atoms with Gasteiger partial charge in [-0.2, -0.15) is 0 Å². The number of piperazine rings is 1. The molecule has 0 radical (unpaired) electrons. The van der Waals surface area contributed by atoms with E-state index in [0.717, 1.165) is 26.1 Å². The van der Waals surface area contributed by atoms with Crippen LogP contribution in [0.1, 0.15) is 20.3 Å². The third kappa shape index (κ3) is 3.14. The summed E-state index contributed by atoms with van der Waals surface area (Å²) in [4.78, 5) is 4.68. The highest BCUT2D eigenvalue weighted by atomic mass is 16.3. The first kappa shape index (κ1) is 12.9. The van der Waals surface area contributed by atoms with Crippen LogP contribution in [0, 0.1) is 0 Å². The lowest BCUT2D eigenvalue weighted by Gasteiger charge is -2.44. The first-order valence-electron chi connectivity index (χ1n) is 5.90. The number of likely N-dealkylation sites (N-methyl/N-ethyl adjacent to an activating group) is 1. The molecule has 0 aromatic rings. The first-order chi connectivity index (χ1) is 7.10. The number of hydrogen-bond donors (Lipinski definition) is 2. The zero-order valence-corrected chi connectivity index (χ0v) is 10.2. The average molecular weight is 215 g/mol. The molecule has 0 spiro atoms. The molecule has 4 heteroatoms. The maximum atomic E-state index is 9.43. The van der Waals surface area contributed by atoms with Crippen molar-refractivity contribution in [2.24, 2.45) is 5.73 Å². The van der Waals surface area contributed by atoms with Crippen molar-refractivity contribution < 1.29 is 5.11 Å². The van der Waals surface area contributed by atoms with Gasteiger partial charge >= 0.3 is 0 Å². The molecule has 90 valence electrons. The van der Waals surface area contributed by atoms with Crippen LogP contribution < -0.4 is 5.73 Å². The van der Waals surface area contributed by atoms with Gasteiger partial charge in [-0.25, -0.2) is 0 Å². The van der Waals surface area contributed by atoms with Crippen LogP contribution >= 0.6 is 0 Å². The van der Waals surface area contributed by atoms with Gasteiger partial charge in [-0.05, 0) is 20.4 Å². The van der Waals surface area contributed by atoms with Gasteiger partial charge in [-0.1, -0.05) is 6.92 Å². The quantitative estimate of drug-likeness (QED) is 0.677. The summed E-state index contributed by atoms with van der Waals surface area (Å²) in [6.45, 7) is 7.60. The maximum absolute atomic E-state index is 9.43. The topological polar surface area (TPSA) is 52.7 Å². The summed E-state index contributed by atoms with van der Waals surface area (Å²) in [7, 11) is 2.14. The Morgan fingerprint density at radius 3 is 2.60 bits per heavy atom. The van der Waals surface area contributed by atoms with Gasteiger partial charge in [0.15, 0.2) is 0 Å². The van der Waals surface area contributed by atoms with E-state index >= 15 is 0 Å². The van der Waals surface area contributed by atoms with E-state index in [1.54, 1.807) is 0 Å². The Hall–Kier alpha value is -0.160. The van der Waals surface area contributed by atoms with E-state index in [0.29, 0.717) is 6.04 Å². The third-order valence-electron chi connectivity index (χ3n) is 3.46. The van der Waals surface area contributed by atoms with Crippen molar-refractivity contribution >= 4 is 0 Å². The molecule has 1 aliphatic heterocycles. The summed E-state index contributed by atoms with van der Waals surface area (Å²) in [5.74, 6) is 0. The minimum absolute atomic E-state index is 0.0841. The molecule has 1 rings (SSSR count). The highest BCUT2D eigenvalue weighted by molar-refractivity contribution is 4.88. The van der Waals surface area contributed by atoms with Crippen LogP contribution in [0.2, 0.25) is 0 Å². The Morgan fingerprint density at radius 2 is 2.13 bits per heavy atom. The molecule has 0 saturated carbocycles. The van der Waals surface area contributed by atoms with E-state index in [-0.39, 0.29) is 18.7 Å². The molecule has 1 aliphatic rings. The highest BCUT2D eigenvalue weighted by Gasteiger charge is 2.30. The summed E-state index contributed by atoms with van der Waals surface area (Å²) in [5.41, 5.74) is 6.04. The normalized spacial score (nSPS) is 29.0.